The summed E-state index contributed by atoms with van der Waals surface area (Å²) in [6.07, 6.45) is 2.53. The SMILES string of the molecule is NC(N)c1ccncn1. The molecule has 0 aliphatic rings. The van der Waals surface area contributed by atoms with Crippen LogP contribution in [-0.4, -0.2) is 9.97 Å². The Kier molecular flexibility index (Phi) is 1.72. The quantitative estimate of drug-likeness (QED) is 0.490. The zero-order valence-electron chi connectivity index (χ0n) is 4.86. The first-order valence-corrected chi connectivity index (χ1v) is 2.58. The summed E-state index contributed by atoms with van der Waals surface area (Å²) in [5.41, 5.74) is 11.3. The van der Waals surface area contributed by atoms with E-state index in [1.54, 1.807) is 12.3 Å². The molecule has 0 aliphatic heterocycles. The number of rotatable bonds is 1. The van der Waals surface area contributed by atoms with E-state index in [-0.39, 0.29) is 0 Å². The fourth-order valence-corrected chi connectivity index (χ4v) is 0.498. The Hall–Kier alpha value is -1.00. The van der Waals surface area contributed by atoms with Crippen molar-refractivity contribution in [3.8, 4) is 0 Å². The maximum Gasteiger partial charge on any atom is 0.115 e. The van der Waals surface area contributed by atoms with Crippen LogP contribution in [0.1, 0.15) is 11.9 Å². The van der Waals surface area contributed by atoms with Crippen molar-refractivity contribution in [2.45, 2.75) is 6.17 Å². The Labute approximate surface area is 52.9 Å². The number of nitrogens with two attached hydrogens (primary N) is 2. The van der Waals surface area contributed by atoms with Gasteiger partial charge < -0.3 is 11.5 Å². The van der Waals surface area contributed by atoms with Crippen LogP contribution >= 0.6 is 0 Å². The van der Waals surface area contributed by atoms with Crippen molar-refractivity contribution in [3.05, 3.63) is 24.3 Å². The minimum atomic E-state index is -0.493. The summed E-state index contributed by atoms with van der Waals surface area (Å²) >= 11 is 0. The van der Waals surface area contributed by atoms with Crippen LogP contribution in [0.2, 0.25) is 0 Å². The van der Waals surface area contributed by atoms with Gasteiger partial charge in [-0.05, 0) is 6.07 Å². The Balaban J connectivity index is 2.85. The highest BCUT2D eigenvalue weighted by Gasteiger charge is 1.96. The molecular weight excluding hydrogens is 116 g/mol. The van der Waals surface area contributed by atoms with Crippen LogP contribution in [0, 0.1) is 0 Å². The highest BCUT2D eigenvalue weighted by atomic mass is 14.9. The summed E-state index contributed by atoms with van der Waals surface area (Å²) in [5, 5.41) is 0. The van der Waals surface area contributed by atoms with Crippen LogP contribution in [0.5, 0.6) is 0 Å². The molecule has 0 saturated heterocycles. The molecule has 48 valence electrons. The van der Waals surface area contributed by atoms with E-state index in [4.69, 9.17) is 11.5 Å². The number of hydrogen-bond acceptors (Lipinski definition) is 4. The number of nitrogens with zero attached hydrogens (tertiary/aromatic N) is 2. The van der Waals surface area contributed by atoms with Crippen LogP contribution in [0.15, 0.2) is 18.6 Å². The van der Waals surface area contributed by atoms with Gasteiger partial charge >= 0.3 is 0 Å². The average molecular weight is 124 g/mol. The maximum atomic E-state index is 5.30. The van der Waals surface area contributed by atoms with E-state index < -0.39 is 6.17 Å². The van der Waals surface area contributed by atoms with Crippen molar-refractivity contribution >= 4 is 0 Å². The number of aromatic nitrogens is 2. The van der Waals surface area contributed by atoms with Gasteiger partial charge in [-0.25, -0.2) is 9.97 Å². The molecule has 0 unspecified atom stereocenters. The monoisotopic (exact) mass is 124 g/mol. The molecule has 0 aliphatic carbocycles. The second kappa shape index (κ2) is 2.52. The fourth-order valence-electron chi connectivity index (χ4n) is 0.498. The Bertz CT molecular complexity index is 172. The zero-order chi connectivity index (χ0) is 6.69. The van der Waals surface area contributed by atoms with Crippen LogP contribution < -0.4 is 11.5 Å². The van der Waals surface area contributed by atoms with Gasteiger partial charge in [0.05, 0.1) is 11.9 Å². The van der Waals surface area contributed by atoms with Crippen molar-refractivity contribution in [1.29, 1.82) is 0 Å². The molecule has 1 aromatic rings. The van der Waals surface area contributed by atoms with Gasteiger partial charge in [0, 0.05) is 6.20 Å². The molecule has 1 rings (SSSR count). The first kappa shape index (κ1) is 6.12. The standard InChI is InChI=1S/C5H8N4/c6-5(7)4-1-2-8-3-9-4/h1-3,5H,6-7H2. The topological polar surface area (TPSA) is 77.8 Å². The second-order valence-corrected chi connectivity index (χ2v) is 1.66. The van der Waals surface area contributed by atoms with Gasteiger partial charge in [-0.15, -0.1) is 0 Å². The van der Waals surface area contributed by atoms with Crippen LogP contribution in [0.25, 0.3) is 0 Å². The predicted octanol–water partition coefficient (Wildman–Crippen LogP) is -0.607. The molecule has 1 heterocycles. The Morgan fingerprint density at radius 1 is 1.44 bits per heavy atom. The minimum absolute atomic E-state index is 0.493. The van der Waals surface area contributed by atoms with Gasteiger partial charge in [-0.1, -0.05) is 0 Å². The largest absolute Gasteiger partial charge is 0.311 e. The number of hydrogen-bond donors (Lipinski definition) is 2. The van der Waals surface area contributed by atoms with E-state index in [1.807, 2.05) is 0 Å². The summed E-state index contributed by atoms with van der Waals surface area (Å²) < 4.78 is 0. The zero-order valence-corrected chi connectivity index (χ0v) is 4.86. The molecule has 0 saturated carbocycles. The fraction of sp³-hybridized carbons (Fsp3) is 0.200. The van der Waals surface area contributed by atoms with E-state index in [0.29, 0.717) is 5.69 Å². The van der Waals surface area contributed by atoms with E-state index >= 15 is 0 Å². The van der Waals surface area contributed by atoms with Gasteiger partial charge in [-0.2, -0.15) is 0 Å². The van der Waals surface area contributed by atoms with Crippen molar-refractivity contribution in [3.63, 3.8) is 0 Å². The molecule has 0 amide bonds. The summed E-state index contributed by atoms with van der Waals surface area (Å²) in [7, 11) is 0. The lowest BCUT2D eigenvalue weighted by molar-refractivity contribution is 0.736. The molecule has 0 spiro atoms. The lowest BCUT2D eigenvalue weighted by Crippen LogP contribution is -2.21. The normalized spacial score (nSPS) is 10.1. The van der Waals surface area contributed by atoms with Gasteiger partial charge in [-0.3, -0.25) is 0 Å². The molecule has 0 atom stereocenters. The predicted molar refractivity (Wildman–Crippen MR) is 33.1 cm³/mol. The van der Waals surface area contributed by atoms with Crippen molar-refractivity contribution in [2.24, 2.45) is 11.5 Å². The Morgan fingerprint density at radius 2 is 2.22 bits per heavy atom. The molecule has 4 heteroatoms. The molecule has 0 bridgehead atoms. The van der Waals surface area contributed by atoms with Gasteiger partial charge in [0.2, 0.25) is 0 Å². The van der Waals surface area contributed by atoms with E-state index in [9.17, 15) is 0 Å². The van der Waals surface area contributed by atoms with Gasteiger partial charge in [0.1, 0.15) is 6.33 Å². The summed E-state index contributed by atoms with van der Waals surface area (Å²) in [5.74, 6) is 0. The van der Waals surface area contributed by atoms with Crippen molar-refractivity contribution < 1.29 is 0 Å². The molecule has 0 fully saturated rings. The third-order valence-electron chi connectivity index (χ3n) is 0.946. The average Bonchev–Trinajstić information content (AvgIpc) is 1.90. The highest BCUT2D eigenvalue weighted by Crippen LogP contribution is 1.95. The van der Waals surface area contributed by atoms with E-state index in [1.165, 1.54) is 6.33 Å². The van der Waals surface area contributed by atoms with Gasteiger partial charge in [0.15, 0.2) is 0 Å². The molecular formula is C5H8N4. The lowest BCUT2D eigenvalue weighted by Gasteiger charge is -2.00. The summed E-state index contributed by atoms with van der Waals surface area (Å²) in [6.45, 7) is 0. The molecule has 4 N–H and O–H groups in total. The highest BCUT2D eigenvalue weighted by molar-refractivity contribution is 5.01. The molecule has 0 radical (unpaired) electrons. The maximum absolute atomic E-state index is 5.30. The first-order chi connectivity index (χ1) is 4.30. The third kappa shape index (κ3) is 1.45. The van der Waals surface area contributed by atoms with Gasteiger partial charge in [0.25, 0.3) is 0 Å². The van der Waals surface area contributed by atoms with E-state index in [0.717, 1.165) is 0 Å². The molecule has 9 heavy (non-hydrogen) atoms. The molecule has 0 aromatic carbocycles. The third-order valence-corrected chi connectivity index (χ3v) is 0.946. The smallest absolute Gasteiger partial charge is 0.115 e. The van der Waals surface area contributed by atoms with Crippen molar-refractivity contribution in [1.82, 2.24) is 9.97 Å². The van der Waals surface area contributed by atoms with Crippen molar-refractivity contribution in [2.75, 3.05) is 0 Å². The molecule has 4 nitrogen and oxygen atoms in total. The second-order valence-electron chi connectivity index (χ2n) is 1.66. The van der Waals surface area contributed by atoms with Crippen LogP contribution in [-0.2, 0) is 0 Å². The first-order valence-electron chi connectivity index (χ1n) is 2.58. The Morgan fingerprint density at radius 3 is 2.56 bits per heavy atom. The van der Waals surface area contributed by atoms with Crippen LogP contribution in [0.4, 0.5) is 0 Å². The molecule has 1 aromatic heterocycles. The lowest BCUT2D eigenvalue weighted by atomic mass is 10.3. The summed E-state index contributed by atoms with van der Waals surface area (Å²) in [4.78, 5) is 7.52. The van der Waals surface area contributed by atoms with Crippen LogP contribution in [0.3, 0.4) is 0 Å². The summed E-state index contributed by atoms with van der Waals surface area (Å²) in [6, 6.07) is 1.69. The van der Waals surface area contributed by atoms with E-state index in [2.05, 4.69) is 9.97 Å². The minimum Gasteiger partial charge on any atom is -0.311 e.